The van der Waals surface area contributed by atoms with Gasteiger partial charge in [-0.15, -0.1) is 0 Å². The number of carbonyl (C=O) groups excluding carboxylic acids is 1. The van der Waals surface area contributed by atoms with E-state index in [0.717, 1.165) is 5.56 Å². The first-order chi connectivity index (χ1) is 13.0. The van der Waals surface area contributed by atoms with Crippen LogP contribution in [0.15, 0.2) is 30.3 Å². The van der Waals surface area contributed by atoms with Gasteiger partial charge in [-0.1, -0.05) is 6.07 Å². The zero-order valence-corrected chi connectivity index (χ0v) is 16.5. The monoisotopic (exact) mass is 375 g/mol. The summed E-state index contributed by atoms with van der Waals surface area (Å²) in [6.07, 6.45) is 0. The van der Waals surface area contributed by atoms with Gasteiger partial charge in [-0.05, 0) is 29.8 Å². The predicted molar refractivity (Wildman–Crippen MR) is 101 cm³/mol. The fraction of sp³-hybridized carbons (Fsp3) is 0.350. The van der Waals surface area contributed by atoms with Crippen molar-refractivity contribution >= 4 is 5.91 Å². The SMILES string of the molecule is COc1ccc(CN(C)C(=O)c2cc(OC)c(OC)c(OC)c2)cc1OC. The molecule has 7 nitrogen and oxygen atoms in total. The molecular weight excluding hydrogens is 350 g/mol. The highest BCUT2D eigenvalue weighted by atomic mass is 16.5. The van der Waals surface area contributed by atoms with Gasteiger partial charge >= 0.3 is 0 Å². The smallest absolute Gasteiger partial charge is 0.254 e. The minimum atomic E-state index is -0.177. The molecule has 7 heteroatoms. The average molecular weight is 375 g/mol. The van der Waals surface area contributed by atoms with Gasteiger partial charge in [0.25, 0.3) is 5.91 Å². The van der Waals surface area contributed by atoms with Gasteiger partial charge in [0.05, 0.1) is 35.5 Å². The highest BCUT2D eigenvalue weighted by molar-refractivity contribution is 5.95. The summed E-state index contributed by atoms with van der Waals surface area (Å²) in [5.41, 5.74) is 1.35. The Morgan fingerprint density at radius 1 is 0.778 bits per heavy atom. The van der Waals surface area contributed by atoms with Crippen LogP contribution < -0.4 is 23.7 Å². The Labute approximate surface area is 159 Å². The lowest BCUT2D eigenvalue weighted by molar-refractivity contribution is 0.0784. The van der Waals surface area contributed by atoms with E-state index >= 15 is 0 Å². The number of hydrogen-bond donors (Lipinski definition) is 0. The molecular formula is C20H25NO6. The molecule has 146 valence electrons. The summed E-state index contributed by atoms with van der Waals surface area (Å²) in [5, 5.41) is 0. The van der Waals surface area contributed by atoms with E-state index in [2.05, 4.69) is 0 Å². The lowest BCUT2D eigenvalue weighted by atomic mass is 10.1. The average Bonchev–Trinajstić information content (AvgIpc) is 2.71. The molecule has 0 fully saturated rings. The highest BCUT2D eigenvalue weighted by Gasteiger charge is 2.20. The second-order valence-corrected chi connectivity index (χ2v) is 5.76. The molecule has 0 atom stereocenters. The predicted octanol–water partition coefficient (Wildman–Crippen LogP) is 3.00. The third-order valence-electron chi connectivity index (χ3n) is 4.13. The number of methoxy groups -OCH3 is 5. The van der Waals surface area contributed by atoms with Crippen molar-refractivity contribution in [3.63, 3.8) is 0 Å². The van der Waals surface area contributed by atoms with E-state index in [1.165, 1.54) is 21.3 Å². The molecule has 27 heavy (non-hydrogen) atoms. The fourth-order valence-corrected chi connectivity index (χ4v) is 2.75. The van der Waals surface area contributed by atoms with Crippen LogP contribution in [-0.2, 0) is 6.54 Å². The molecule has 1 amide bonds. The van der Waals surface area contributed by atoms with Crippen LogP contribution in [0.2, 0.25) is 0 Å². The second-order valence-electron chi connectivity index (χ2n) is 5.76. The van der Waals surface area contributed by atoms with Crippen LogP contribution >= 0.6 is 0 Å². The van der Waals surface area contributed by atoms with Crippen LogP contribution in [0.3, 0.4) is 0 Å². The van der Waals surface area contributed by atoms with Gasteiger partial charge in [0.1, 0.15) is 0 Å². The number of benzene rings is 2. The Morgan fingerprint density at radius 2 is 1.33 bits per heavy atom. The van der Waals surface area contributed by atoms with Crippen LogP contribution in [0, 0.1) is 0 Å². The zero-order valence-electron chi connectivity index (χ0n) is 16.5. The standard InChI is InChI=1S/C20H25NO6/c1-21(12-13-7-8-15(23-2)16(9-13)24-3)20(22)14-10-17(25-4)19(27-6)18(11-14)26-5/h7-11H,12H2,1-6H3. The van der Waals surface area contributed by atoms with Crippen molar-refractivity contribution in [2.75, 3.05) is 42.6 Å². The summed E-state index contributed by atoms with van der Waals surface area (Å²) in [6.45, 7) is 0.399. The van der Waals surface area contributed by atoms with Crippen molar-refractivity contribution in [3.05, 3.63) is 41.5 Å². The van der Waals surface area contributed by atoms with Gasteiger partial charge in [-0.2, -0.15) is 0 Å². The second kappa shape index (κ2) is 9.02. The number of rotatable bonds is 8. The van der Waals surface area contributed by atoms with E-state index in [-0.39, 0.29) is 5.91 Å². The van der Waals surface area contributed by atoms with Gasteiger partial charge in [-0.25, -0.2) is 0 Å². The van der Waals surface area contributed by atoms with Crippen molar-refractivity contribution in [1.29, 1.82) is 0 Å². The summed E-state index contributed by atoms with van der Waals surface area (Å²) in [7, 11) is 9.43. The van der Waals surface area contributed by atoms with Crippen LogP contribution in [0.25, 0.3) is 0 Å². The highest BCUT2D eigenvalue weighted by Crippen LogP contribution is 2.38. The summed E-state index contributed by atoms with van der Waals surface area (Å²) in [6, 6.07) is 8.81. The van der Waals surface area contributed by atoms with E-state index in [1.807, 2.05) is 18.2 Å². The Hall–Kier alpha value is -3.09. The van der Waals surface area contributed by atoms with E-state index < -0.39 is 0 Å². The number of nitrogens with zero attached hydrogens (tertiary/aromatic N) is 1. The molecule has 0 aliphatic heterocycles. The lowest BCUT2D eigenvalue weighted by Crippen LogP contribution is -2.26. The molecule has 2 aromatic carbocycles. The number of hydrogen-bond acceptors (Lipinski definition) is 6. The Kier molecular flexibility index (Phi) is 6.76. The molecule has 0 heterocycles. The zero-order chi connectivity index (χ0) is 20.0. The number of amides is 1. The van der Waals surface area contributed by atoms with Crippen molar-refractivity contribution in [3.8, 4) is 28.7 Å². The lowest BCUT2D eigenvalue weighted by Gasteiger charge is -2.20. The molecule has 0 aromatic heterocycles. The largest absolute Gasteiger partial charge is 0.493 e. The van der Waals surface area contributed by atoms with Crippen molar-refractivity contribution in [2.45, 2.75) is 6.54 Å². The van der Waals surface area contributed by atoms with Crippen molar-refractivity contribution < 1.29 is 28.5 Å². The maximum absolute atomic E-state index is 12.9. The van der Waals surface area contributed by atoms with Crippen LogP contribution in [0.1, 0.15) is 15.9 Å². The Bertz CT molecular complexity index is 780. The van der Waals surface area contributed by atoms with Gasteiger partial charge < -0.3 is 28.6 Å². The maximum atomic E-state index is 12.9. The first-order valence-electron chi connectivity index (χ1n) is 8.25. The maximum Gasteiger partial charge on any atom is 0.254 e. The molecule has 0 saturated carbocycles. The fourth-order valence-electron chi connectivity index (χ4n) is 2.75. The van der Waals surface area contributed by atoms with E-state index in [9.17, 15) is 4.79 Å². The van der Waals surface area contributed by atoms with Crippen LogP contribution in [0.4, 0.5) is 0 Å². The summed E-state index contributed by atoms with van der Waals surface area (Å²) >= 11 is 0. The molecule has 0 bridgehead atoms. The molecule has 2 rings (SSSR count). The van der Waals surface area contributed by atoms with Crippen molar-refractivity contribution in [1.82, 2.24) is 4.90 Å². The normalized spacial score (nSPS) is 10.1. The molecule has 2 aromatic rings. The first-order valence-corrected chi connectivity index (χ1v) is 8.25. The van der Waals surface area contributed by atoms with E-state index in [4.69, 9.17) is 23.7 Å². The van der Waals surface area contributed by atoms with Gasteiger partial charge in [0, 0.05) is 19.2 Å². The molecule has 0 aliphatic carbocycles. The van der Waals surface area contributed by atoms with Crippen molar-refractivity contribution in [2.24, 2.45) is 0 Å². The van der Waals surface area contributed by atoms with Crippen LogP contribution in [-0.4, -0.2) is 53.4 Å². The number of carbonyl (C=O) groups is 1. The minimum absolute atomic E-state index is 0.177. The molecule has 0 spiro atoms. The number of ether oxygens (including phenoxy) is 5. The van der Waals surface area contributed by atoms with Gasteiger partial charge in [-0.3, -0.25) is 4.79 Å². The van der Waals surface area contributed by atoms with E-state index in [1.54, 1.807) is 38.3 Å². The third kappa shape index (κ3) is 4.36. The molecule has 0 saturated heterocycles. The van der Waals surface area contributed by atoms with E-state index in [0.29, 0.717) is 40.9 Å². The summed E-state index contributed by atoms with van der Waals surface area (Å²) in [5.74, 6) is 2.38. The van der Waals surface area contributed by atoms with Gasteiger partial charge in [0.2, 0.25) is 5.75 Å². The van der Waals surface area contributed by atoms with Gasteiger partial charge in [0.15, 0.2) is 23.0 Å². The topological polar surface area (TPSA) is 66.5 Å². The minimum Gasteiger partial charge on any atom is -0.493 e. The van der Waals surface area contributed by atoms with Crippen LogP contribution in [0.5, 0.6) is 28.7 Å². The first kappa shape index (κ1) is 20.2. The molecule has 0 N–H and O–H groups in total. The molecule has 0 unspecified atom stereocenters. The Morgan fingerprint density at radius 3 is 1.81 bits per heavy atom. The summed E-state index contributed by atoms with van der Waals surface area (Å²) < 4.78 is 26.5. The third-order valence-corrected chi connectivity index (χ3v) is 4.13. The molecule has 0 radical (unpaired) electrons. The Balaban J connectivity index is 2.27. The quantitative estimate of drug-likeness (QED) is 0.707. The molecule has 0 aliphatic rings. The summed E-state index contributed by atoms with van der Waals surface area (Å²) in [4.78, 5) is 14.5.